The second-order valence-electron chi connectivity index (χ2n) is 3.41. The molecule has 2 rings (SSSR count). The second kappa shape index (κ2) is 5.37. The lowest BCUT2D eigenvalue weighted by Crippen LogP contribution is -1.91. The highest BCUT2D eigenvalue weighted by molar-refractivity contribution is 8.76. The molecule has 82 valence electrons. The minimum atomic E-state index is 0.825. The SMILES string of the molecule is Cc1cc(C)nc(SSc2ccccc2)n1. The van der Waals surface area contributed by atoms with Crippen LogP contribution in [-0.2, 0) is 0 Å². The number of hydrogen-bond donors (Lipinski definition) is 0. The van der Waals surface area contributed by atoms with Crippen molar-refractivity contribution in [2.75, 3.05) is 0 Å². The van der Waals surface area contributed by atoms with Crippen LogP contribution in [0.3, 0.4) is 0 Å². The topological polar surface area (TPSA) is 25.8 Å². The summed E-state index contributed by atoms with van der Waals surface area (Å²) in [5, 5.41) is 0.825. The minimum Gasteiger partial charge on any atom is -0.227 e. The van der Waals surface area contributed by atoms with Crippen LogP contribution in [0.4, 0.5) is 0 Å². The Balaban J connectivity index is 2.05. The van der Waals surface area contributed by atoms with Crippen LogP contribution >= 0.6 is 21.6 Å². The van der Waals surface area contributed by atoms with Crippen LogP contribution in [0.5, 0.6) is 0 Å². The summed E-state index contributed by atoms with van der Waals surface area (Å²) in [5.41, 5.74) is 2.03. The average molecular weight is 248 g/mol. The number of aromatic nitrogens is 2. The third-order valence-electron chi connectivity index (χ3n) is 1.92. The van der Waals surface area contributed by atoms with Crippen molar-refractivity contribution in [3.05, 3.63) is 47.8 Å². The van der Waals surface area contributed by atoms with E-state index in [-0.39, 0.29) is 0 Å². The molecule has 0 radical (unpaired) electrons. The summed E-state index contributed by atoms with van der Waals surface area (Å²) in [6, 6.07) is 12.2. The van der Waals surface area contributed by atoms with Crippen molar-refractivity contribution in [1.29, 1.82) is 0 Å². The Morgan fingerprint density at radius 1 is 0.875 bits per heavy atom. The minimum absolute atomic E-state index is 0.825. The standard InChI is InChI=1S/C12H12N2S2/c1-9-8-10(2)14-12(13-9)16-15-11-6-4-3-5-7-11/h3-8H,1-2H3. The third kappa shape index (κ3) is 3.25. The van der Waals surface area contributed by atoms with Gasteiger partial charge in [0, 0.05) is 16.3 Å². The summed E-state index contributed by atoms with van der Waals surface area (Å²) in [6.07, 6.45) is 0. The van der Waals surface area contributed by atoms with E-state index in [0.717, 1.165) is 16.5 Å². The van der Waals surface area contributed by atoms with Crippen LogP contribution < -0.4 is 0 Å². The molecular weight excluding hydrogens is 236 g/mol. The molecular formula is C12H12N2S2. The zero-order valence-electron chi connectivity index (χ0n) is 9.18. The van der Waals surface area contributed by atoms with Gasteiger partial charge in [0.2, 0.25) is 0 Å². The molecule has 0 saturated heterocycles. The van der Waals surface area contributed by atoms with Gasteiger partial charge in [-0.1, -0.05) is 18.2 Å². The van der Waals surface area contributed by atoms with Crippen LogP contribution in [0.2, 0.25) is 0 Å². The molecule has 0 unspecified atom stereocenters. The summed E-state index contributed by atoms with van der Waals surface area (Å²) in [4.78, 5) is 9.98. The van der Waals surface area contributed by atoms with Gasteiger partial charge in [-0.2, -0.15) is 0 Å². The fourth-order valence-electron chi connectivity index (χ4n) is 1.29. The molecule has 0 aliphatic rings. The predicted molar refractivity (Wildman–Crippen MR) is 69.7 cm³/mol. The molecule has 0 bridgehead atoms. The van der Waals surface area contributed by atoms with Crippen LogP contribution in [-0.4, -0.2) is 9.97 Å². The van der Waals surface area contributed by atoms with E-state index < -0.39 is 0 Å². The molecule has 4 heteroatoms. The lowest BCUT2D eigenvalue weighted by molar-refractivity contribution is 0.907. The van der Waals surface area contributed by atoms with Crippen molar-refractivity contribution in [3.63, 3.8) is 0 Å². The van der Waals surface area contributed by atoms with Gasteiger partial charge >= 0.3 is 0 Å². The number of rotatable bonds is 3. The largest absolute Gasteiger partial charge is 0.227 e. The Morgan fingerprint density at radius 3 is 2.12 bits per heavy atom. The molecule has 1 aromatic heterocycles. The molecule has 1 aromatic carbocycles. The molecule has 0 saturated carbocycles. The van der Waals surface area contributed by atoms with Gasteiger partial charge in [0.15, 0.2) is 5.16 Å². The quantitative estimate of drug-likeness (QED) is 0.608. The highest BCUT2D eigenvalue weighted by atomic mass is 33.1. The van der Waals surface area contributed by atoms with Crippen molar-refractivity contribution >= 4 is 21.6 Å². The molecule has 2 aromatic rings. The van der Waals surface area contributed by atoms with Crippen molar-refractivity contribution in [2.45, 2.75) is 23.9 Å². The Morgan fingerprint density at radius 2 is 1.50 bits per heavy atom. The van der Waals surface area contributed by atoms with E-state index in [1.807, 2.05) is 38.1 Å². The van der Waals surface area contributed by atoms with E-state index in [2.05, 4.69) is 22.1 Å². The maximum absolute atomic E-state index is 4.38. The second-order valence-corrected chi connectivity index (χ2v) is 5.58. The molecule has 0 aliphatic carbocycles. The van der Waals surface area contributed by atoms with Crippen LogP contribution in [0.1, 0.15) is 11.4 Å². The molecule has 0 atom stereocenters. The van der Waals surface area contributed by atoms with Crippen molar-refractivity contribution in [2.24, 2.45) is 0 Å². The Bertz CT molecular complexity index is 451. The van der Waals surface area contributed by atoms with Crippen molar-refractivity contribution < 1.29 is 0 Å². The summed E-state index contributed by atoms with van der Waals surface area (Å²) in [6.45, 7) is 3.98. The van der Waals surface area contributed by atoms with Gasteiger partial charge in [0.05, 0.1) is 0 Å². The molecule has 16 heavy (non-hydrogen) atoms. The summed E-state index contributed by atoms with van der Waals surface area (Å²) < 4.78 is 0. The fraction of sp³-hybridized carbons (Fsp3) is 0.167. The molecule has 1 heterocycles. The zero-order chi connectivity index (χ0) is 11.4. The first-order valence-corrected chi connectivity index (χ1v) is 7.11. The first-order valence-electron chi connectivity index (χ1n) is 4.96. The van der Waals surface area contributed by atoms with Gasteiger partial charge in [0.25, 0.3) is 0 Å². The van der Waals surface area contributed by atoms with Crippen LogP contribution in [0.25, 0.3) is 0 Å². The number of benzene rings is 1. The molecule has 0 fully saturated rings. The van der Waals surface area contributed by atoms with E-state index in [9.17, 15) is 0 Å². The lowest BCUT2D eigenvalue weighted by Gasteiger charge is -2.02. The van der Waals surface area contributed by atoms with Crippen LogP contribution in [0.15, 0.2) is 46.5 Å². The van der Waals surface area contributed by atoms with E-state index in [1.165, 1.54) is 4.90 Å². The number of hydrogen-bond acceptors (Lipinski definition) is 4. The van der Waals surface area contributed by atoms with Gasteiger partial charge in [-0.05, 0) is 53.6 Å². The summed E-state index contributed by atoms with van der Waals surface area (Å²) in [7, 11) is 3.28. The lowest BCUT2D eigenvalue weighted by atomic mass is 10.4. The Labute approximate surface area is 103 Å². The van der Waals surface area contributed by atoms with Gasteiger partial charge in [0.1, 0.15) is 0 Å². The van der Waals surface area contributed by atoms with Gasteiger partial charge < -0.3 is 0 Å². The third-order valence-corrected chi connectivity index (χ3v) is 4.07. The van der Waals surface area contributed by atoms with Crippen molar-refractivity contribution in [1.82, 2.24) is 9.97 Å². The van der Waals surface area contributed by atoms with E-state index in [1.54, 1.807) is 21.6 Å². The Hall–Kier alpha value is -1.00. The summed E-state index contributed by atoms with van der Waals surface area (Å²) >= 11 is 0. The summed E-state index contributed by atoms with van der Waals surface area (Å²) in [5.74, 6) is 0. The predicted octanol–water partition coefficient (Wildman–Crippen LogP) is 3.89. The first kappa shape index (κ1) is 11.5. The normalized spacial score (nSPS) is 10.4. The zero-order valence-corrected chi connectivity index (χ0v) is 10.8. The highest BCUT2D eigenvalue weighted by Gasteiger charge is 2.01. The average Bonchev–Trinajstić information content (AvgIpc) is 2.27. The number of nitrogens with zero attached hydrogens (tertiary/aromatic N) is 2. The maximum atomic E-state index is 4.38. The maximum Gasteiger partial charge on any atom is 0.199 e. The van der Waals surface area contributed by atoms with Crippen LogP contribution in [0, 0.1) is 13.8 Å². The van der Waals surface area contributed by atoms with Crippen molar-refractivity contribution in [3.8, 4) is 0 Å². The first-order chi connectivity index (χ1) is 7.74. The van der Waals surface area contributed by atoms with Gasteiger partial charge in [-0.25, -0.2) is 9.97 Å². The molecule has 0 N–H and O–H groups in total. The van der Waals surface area contributed by atoms with Gasteiger partial charge in [-0.3, -0.25) is 0 Å². The van der Waals surface area contributed by atoms with E-state index in [4.69, 9.17) is 0 Å². The highest BCUT2D eigenvalue weighted by Crippen LogP contribution is 2.35. The fourth-order valence-corrected chi connectivity index (χ4v) is 3.16. The Kier molecular flexibility index (Phi) is 3.85. The molecule has 0 amide bonds. The molecule has 0 spiro atoms. The molecule has 2 nitrogen and oxygen atoms in total. The van der Waals surface area contributed by atoms with E-state index >= 15 is 0 Å². The van der Waals surface area contributed by atoms with E-state index in [0.29, 0.717) is 0 Å². The van der Waals surface area contributed by atoms with Gasteiger partial charge in [-0.15, -0.1) is 0 Å². The smallest absolute Gasteiger partial charge is 0.199 e. The monoisotopic (exact) mass is 248 g/mol. The number of aryl methyl sites for hydroxylation is 2. The molecule has 0 aliphatic heterocycles.